The van der Waals surface area contributed by atoms with E-state index in [1.807, 2.05) is 0 Å². The lowest BCUT2D eigenvalue weighted by atomic mass is 9.80. The van der Waals surface area contributed by atoms with Crippen molar-refractivity contribution in [2.24, 2.45) is 53.3 Å². The van der Waals surface area contributed by atoms with Crippen LogP contribution in [0.25, 0.3) is 0 Å². The van der Waals surface area contributed by atoms with Gasteiger partial charge in [-0.15, -0.1) is 0 Å². The van der Waals surface area contributed by atoms with Crippen molar-refractivity contribution in [3.63, 3.8) is 0 Å². The molecule has 0 radical (unpaired) electrons. The van der Waals surface area contributed by atoms with Crippen LogP contribution in [0, 0.1) is 53.3 Å². The van der Waals surface area contributed by atoms with Crippen molar-refractivity contribution < 1.29 is 13.0 Å². The molecule has 6 aliphatic rings. The van der Waals surface area contributed by atoms with Crippen LogP contribution in [-0.4, -0.2) is 13.0 Å². The topological polar surface area (TPSA) is 57.2 Å². The molecular formula is C30H41O3S-. The molecule has 6 fully saturated rings. The van der Waals surface area contributed by atoms with Gasteiger partial charge in [-0.3, -0.25) is 0 Å². The lowest BCUT2D eigenvalue weighted by Gasteiger charge is -2.29. The highest BCUT2D eigenvalue weighted by Gasteiger charge is 2.42. The second-order valence-electron chi connectivity index (χ2n) is 13.6. The summed E-state index contributed by atoms with van der Waals surface area (Å²) >= 11 is 0. The monoisotopic (exact) mass is 481 g/mol. The van der Waals surface area contributed by atoms with Gasteiger partial charge in [0, 0.05) is 0 Å². The highest BCUT2D eigenvalue weighted by atomic mass is 32.2. The molecule has 6 saturated carbocycles. The van der Waals surface area contributed by atoms with E-state index in [1.54, 1.807) is 0 Å². The molecule has 6 bridgehead atoms. The van der Waals surface area contributed by atoms with Crippen LogP contribution in [0.2, 0.25) is 0 Å². The predicted octanol–water partition coefficient (Wildman–Crippen LogP) is 6.53. The van der Waals surface area contributed by atoms with Gasteiger partial charge in [-0.05, 0) is 147 Å². The Balaban J connectivity index is 1.24. The maximum atomic E-state index is 12.7. The second kappa shape index (κ2) is 8.33. The molecule has 3 nitrogen and oxygen atoms in total. The quantitative estimate of drug-likeness (QED) is 0.416. The molecule has 0 heterocycles. The van der Waals surface area contributed by atoms with E-state index in [2.05, 4.69) is 12.1 Å². The zero-order valence-corrected chi connectivity index (χ0v) is 21.4. The van der Waals surface area contributed by atoms with Crippen molar-refractivity contribution in [3.8, 4) is 0 Å². The summed E-state index contributed by atoms with van der Waals surface area (Å²) < 4.78 is 38.2. The van der Waals surface area contributed by atoms with Crippen LogP contribution in [0.4, 0.5) is 0 Å². The molecule has 0 spiro atoms. The van der Waals surface area contributed by atoms with E-state index in [0.717, 1.165) is 71.8 Å². The molecule has 1 aromatic rings. The number of rotatable bonds is 7. The van der Waals surface area contributed by atoms with Gasteiger partial charge in [-0.2, -0.15) is 0 Å². The molecule has 0 N–H and O–H groups in total. The van der Waals surface area contributed by atoms with E-state index in [0.29, 0.717) is 11.8 Å². The number of hydrogen-bond donors (Lipinski definition) is 0. The Morgan fingerprint density at radius 2 is 1.03 bits per heavy atom. The van der Waals surface area contributed by atoms with Crippen molar-refractivity contribution >= 4 is 10.1 Å². The zero-order chi connectivity index (χ0) is 23.0. The minimum atomic E-state index is -4.48. The highest BCUT2D eigenvalue weighted by Crippen LogP contribution is 2.52. The first-order valence-electron chi connectivity index (χ1n) is 14.5. The van der Waals surface area contributed by atoms with Crippen LogP contribution < -0.4 is 0 Å². The Hall–Kier alpha value is -0.870. The van der Waals surface area contributed by atoms with E-state index < -0.39 is 10.1 Å². The Kier molecular flexibility index (Phi) is 5.47. The third kappa shape index (κ3) is 3.99. The SMILES string of the molecule is O=S(=O)([O-])c1c(CC2CC3CCC2C3)cc(CC2CC3CCC2C3)cc1CC1CC2CCC1C2. The summed E-state index contributed by atoms with van der Waals surface area (Å²) in [5.41, 5.74) is 3.12. The van der Waals surface area contributed by atoms with Gasteiger partial charge in [0.25, 0.3) is 0 Å². The molecule has 0 aliphatic heterocycles. The minimum Gasteiger partial charge on any atom is -0.744 e. The average molecular weight is 482 g/mol. The lowest BCUT2D eigenvalue weighted by Crippen LogP contribution is -2.20. The van der Waals surface area contributed by atoms with Crippen LogP contribution in [-0.2, 0) is 29.4 Å². The fourth-order valence-electron chi connectivity index (χ4n) is 10.3. The standard InChI is InChI=1S/C30H42O3S/c31-34(32,33)30-28(16-26-11-19-2-5-23(26)8-19)14-21(13-25-10-18-1-4-22(25)7-18)15-29(30)17-27-12-20-3-6-24(27)9-20/h14-15,18-20,22-27H,1-13,16-17H2,(H,31,32,33)/p-1. The van der Waals surface area contributed by atoms with Gasteiger partial charge >= 0.3 is 0 Å². The molecular weight excluding hydrogens is 440 g/mol. The average Bonchev–Trinajstić information content (AvgIpc) is 3.61. The smallest absolute Gasteiger partial charge is 0.124 e. The minimum absolute atomic E-state index is 0.203. The van der Waals surface area contributed by atoms with Gasteiger partial charge in [0.2, 0.25) is 0 Å². The summed E-state index contributed by atoms with van der Waals surface area (Å²) in [5, 5.41) is 0. The number of benzene rings is 1. The van der Waals surface area contributed by atoms with Gasteiger partial charge in [0.1, 0.15) is 10.1 Å². The molecule has 0 aromatic heterocycles. The maximum absolute atomic E-state index is 12.7. The van der Waals surface area contributed by atoms with Crippen molar-refractivity contribution in [2.75, 3.05) is 0 Å². The normalized spacial score (nSPS) is 42.3. The number of hydrogen-bond acceptors (Lipinski definition) is 3. The van der Waals surface area contributed by atoms with E-state index >= 15 is 0 Å². The Morgan fingerprint density at radius 3 is 1.35 bits per heavy atom. The van der Waals surface area contributed by atoms with E-state index in [1.165, 1.54) is 82.6 Å². The molecule has 6 aliphatic carbocycles. The Labute approximate surface area is 206 Å². The van der Waals surface area contributed by atoms with Crippen LogP contribution in [0.5, 0.6) is 0 Å². The van der Waals surface area contributed by atoms with Gasteiger partial charge in [-0.25, -0.2) is 8.42 Å². The van der Waals surface area contributed by atoms with E-state index in [-0.39, 0.29) is 4.90 Å². The summed E-state index contributed by atoms with van der Waals surface area (Å²) in [6.07, 6.45) is 18.7. The molecule has 7 rings (SSSR count). The third-order valence-electron chi connectivity index (χ3n) is 11.7. The summed E-state index contributed by atoms with van der Waals surface area (Å²) in [4.78, 5) is 0.203. The predicted molar refractivity (Wildman–Crippen MR) is 132 cm³/mol. The molecule has 4 heteroatoms. The summed E-state index contributed by atoms with van der Waals surface area (Å²) in [5.74, 6) is 6.89. The van der Waals surface area contributed by atoms with E-state index in [9.17, 15) is 13.0 Å². The lowest BCUT2D eigenvalue weighted by molar-refractivity contribution is 0.322. The largest absolute Gasteiger partial charge is 0.744 e. The first-order valence-corrected chi connectivity index (χ1v) is 15.9. The van der Waals surface area contributed by atoms with Crippen LogP contribution in [0.1, 0.15) is 93.7 Å². The molecule has 9 unspecified atom stereocenters. The summed E-state index contributed by atoms with van der Waals surface area (Å²) in [6.45, 7) is 0. The molecule has 186 valence electrons. The second-order valence-corrected chi connectivity index (χ2v) is 14.9. The fraction of sp³-hybridized carbons (Fsp3) is 0.800. The fourth-order valence-corrected chi connectivity index (χ4v) is 11.2. The highest BCUT2D eigenvalue weighted by molar-refractivity contribution is 7.85. The summed E-state index contributed by atoms with van der Waals surface area (Å²) in [6, 6.07) is 4.38. The molecule has 0 amide bonds. The van der Waals surface area contributed by atoms with Crippen molar-refractivity contribution in [2.45, 2.75) is 101 Å². The first kappa shape index (κ1) is 22.3. The van der Waals surface area contributed by atoms with Crippen LogP contribution >= 0.6 is 0 Å². The molecule has 34 heavy (non-hydrogen) atoms. The van der Waals surface area contributed by atoms with Gasteiger partial charge < -0.3 is 4.55 Å². The zero-order valence-electron chi connectivity index (χ0n) is 20.6. The van der Waals surface area contributed by atoms with Gasteiger partial charge in [-0.1, -0.05) is 31.4 Å². The molecule has 1 aromatic carbocycles. The Morgan fingerprint density at radius 1 is 0.618 bits per heavy atom. The van der Waals surface area contributed by atoms with Crippen LogP contribution in [0.3, 0.4) is 0 Å². The van der Waals surface area contributed by atoms with Crippen LogP contribution in [0.15, 0.2) is 17.0 Å². The first-order chi connectivity index (χ1) is 16.4. The van der Waals surface area contributed by atoms with Gasteiger partial charge in [0.15, 0.2) is 0 Å². The van der Waals surface area contributed by atoms with E-state index in [4.69, 9.17) is 0 Å². The third-order valence-corrected chi connectivity index (χ3v) is 12.7. The van der Waals surface area contributed by atoms with Crippen molar-refractivity contribution in [1.82, 2.24) is 0 Å². The summed E-state index contributed by atoms with van der Waals surface area (Å²) in [7, 11) is -4.48. The van der Waals surface area contributed by atoms with Gasteiger partial charge in [0.05, 0.1) is 4.90 Å². The van der Waals surface area contributed by atoms with Crippen molar-refractivity contribution in [3.05, 3.63) is 28.8 Å². The van der Waals surface area contributed by atoms with Crippen molar-refractivity contribution in [1.29, 1.82) is 0 Å². The molecule has 9 atom stereocenters. The number of fused-ring (bicyclic) bond motifs is 6. The molecule has 0 saturated heterocycles. The maximum Gasteiger partial charge on any atom is 0.124 e. The Bertz CT molecular complexity index is 1010.